The summed E-state index contributed by atoms with van der Waals surface area (Å²) in [5.41, 5.74) is 1.22. The normalized spacial score (nSPS) is 16.6. The number of nitrogens with zero attached hydrogens (tertiary/aromatic N) is 3. The van der Waals surface area contributed by atoms with E-state index in [0.717, 1.165) is 25.1 Å². The minimum Gasteiger partial charge on any atom is -0.311 e. The van der Waals surface area contributed by atoms with Crippen molar-refractivity contribution in [1.29, 1.82) is 0 Å². The summed E-state index contributed by atoms with van der Waals surface area (Å²) in [5.74, 6) is 0. The van der Waals surface area contributed by atoms with Crippen LogP contribution in [-0.2, 0) is 0 Å². The van der Waals surface area contributed by atoms with Gasteiger partial charge in [0.2, 0.25) is 0 Å². The Morgan fingerprint density at radius 2 is 1.78 bits per heavy atom. The molecule has 18 heavy (non-hydrogen) atoms. The molecule has 0 spiro atoms. The van der Waals surface area contributed by atoms with Gasteiger partial charge in [-0.25, -0.2) is 9.97 Å². The van der Waals surface area contributed by atoms with Crippen molar-refractivity contribution < 1.29 is 0 Å². The lowest BCUT2D eigenvalue weighted by Crippen LogP contribution is -2.53. The highest BCUT2D eigenvalue weighted by Gasteiger charge is 2.37. The maximum Gasteiger partial charge on any atom is 0.115 e. The fourth-order valence-corrected chi connectivity index (χ4v) is 2.85. The van der Waals surface area contributed by atoms with Gasteiger partial charge in [-0.15, -0.1) is 0 Å². The van der Waals surface area contributed by atoms with E-state index in [2.05, 4.69) is 47.9 Å². The van der Waals surface area contributed by atoms with Gasteiger partial charge in [0.15, 0.2) is 0 Å². The average Bonchev–Trinajstić information content (AvgIpc) is 2.42. The van der Waals surface area contributed by atoms with Gasteiger partial charge in [-0.05, 0) is 33.5 Å². The first-order valence-electron chi connectivity index (χ1n) is 6.81. The molecular formula is C14H26N4. The lowest BCUT2D eigenvalue weighted by molar-refractivity contribution is 0.0725. The van der Waals surface area contributed by atoms with Crippen molar-refractivity contribution in [2.75, 3.05) is 20.1 Å². The molecule has 0 aliphatic carbocycles. The molecule has 1 heterocycles. The van der Waals surface area contributed by atoms with Crippen LogP contribution in [0.4, 0.5) is 0 Å². The fourth-order valence-electron chi connectivity index (χ4n) is 2.85. The third-order valence-electron chi connectivity index (χ3n) is 4.03. The second kappa shape index (κ2) is 6.81. The molecule has 0 fully saturated rings. The molecule has 0 saturated heterocycles. The predicted octanol–water partition coefficient (Wildman–Crippen LogP) is 2.25. The Balaban J connectivity index is 3.11. The van der Waals surface area contributed by atoms with Crippen molar-refractivity contribution in [2.24, 2.45) is 0 Å². The van der Waals surface area contributed by atoms with E-state index in [1.54, 1.807) is 6.33 Å². The lowest BCUT2D eigenvalue weighted by atomic mass is 9.84. The van der Waals surface area contributed by atoms with E-state index < -0.39 is 0 Å². The summed E-state index contributed by atoms with van der Waals surface area (Å²) in [6.45, 7) is 11.1. The Bertz CT molecular complexity index is 337. The molecule has 0 aromatic carbocycles. The zero-order valence-electron chi connectivity index (χ0n) is 12.3. The lowest BCUT2D eigenvalue weighted by Gasteiger charge is -2.45. The van der Waals surface area contributed by atoms with E-state index in [1.165, 1.54) is 0 Å². The fraction of sp³-hybridized carbons (Fsp3) is 0.714. The van der Waals surface area contributed by atoms with Gasteiger partial charge in [-0.1, -0.05) is 20.8 Å². The van der Waals surface area contributed by atoms with Gasteiger partial charge in [0.05, 0.1) is 6.04 Å². The third kappa shape index (κ3) is 2.87. The van der Waals surface area contributed by atoms with Crippen LogP contribution in [-0.4, -0.2) is 40.5 Å². The van der Waals surface area contributed by atoms with Crippen LogP contribution >= 0.6 is 0 Å². The van der Waals surface area contributed by atoms with E-state index in [0.29, 0.717) is 0 Å². The van der Waals surface area contributed by atoms with Crippen LogP contribution < -0.4 is 5.32 Å². The van der Waals surface area contributed by atoms with Crippen LogP contribution in [0.1, 0.15) is 45.7 Å². The van der Waals surface area contributed by atoms with Crippen LogP contribution in [0.3, 0.4) is 0 Å². The molecule has 0 amide bonds. The topological polar surface area (TPSA) is 41.0 Å². The summed E-state index contributed by atoms with van der Waals surface area (Å²) >= 11 is 0. The maximum atomic E-state index is 4.14. The third-order valence-corrected chi connectivity index (χ3v) is 4.03. The van der Waals surface area contributed by atoms with Crippen molar-refractivity contribution in [3.8, 4) is 0 Å². The largest absolute Gasteiger partial charge is 0.311 e. The summed E-state index contributed by atoms with van der Waals surface area (Å²) in [6, 6.07) is 0.239. The Kier molecular flexibility index (Phi) is 5.69. The Morgan fingerprint density at radius 3 is 2.17 bits per heavy atom. The summed E-state index contributed by atoms with van der Waals surface area (Å²) in [7, 11) is 2.01. The molecule has 2 unspecified atom stereocenters. The second-order valence-corrected chi connectivity index (χ2v) is 4.78. The van der Waals surface area contributed by atoms with Crippen molar-refractivity contribution in [1.82, 2.24) is 20.2 Å². The number of aromatic nitrogens is 2. The molecule has 0 aliphatic rings. The first-order chi connectivity index (χ1) is 8.63. The van der Waals surface area contributed by atoms with E-state index in [9.17, 15) is 0 Å². The minimum absolute atomic E-state index is 0.0724. The molecule has 4 nitrogen and oxygen atoms in total. The molecule has 102 valence electrons. The van der Waals surface area contributed by atoms with Gasteiger partial charge in [-0.3, -0.25) is 4.90 Å². The standard InChI is InChI=1S/C14H26N4/c1-6-14(4,18(7-2)8-3)13(15-5)12-9-16-11-17-10-12/h9-11,13,15H,6-8H2,1-5H3. The van der Waals surface area contributed by atoms with E-state index in [-0.39, 0.29) is 11.6 Å². The molecule has 0 saturated carbocycles. The van der Waals surface area contributed by atoms with Crippen molar-refractivity contribution in [3.63, 3.8) is 0 Å². The Hall–Kier alpha value is -1.00. The van der Waals surface area contributed by atoms with E-state index in [4.69, 9.17) is 0 Å². The molecule has 0 aliphatic heterocycles. The van der Waals surface area contributed by atoms with Crippen molar-refractivity contribution >= 4 is 0 Å². The van der Waals surface area contributed by atoms with Crippen LogP contribution in [0.2, 0.25) is 0 Å². The molecule has 0 bridgehead atoms. The van der Waals surface area contributed by atoms with Gasteiger partial charge in [-0.2, -0.15) is 0 Å². The van der Waals surface area contributed by atoms with Crippen molar-refractivity contribution in [3.05, 3.63) is 24.3 Å². The SMILES string of the molecule is CCN(CC)C(C)(CC)C(NC)c1cncnc1. The Morgan fingerprint density at radius 1 is 1.22 bits per heavy atom. The first kappa shape index (κ1) is 15.1. The van der Waals surface area contributed by atoms with Crippen LogP contribution in [0.15, 0.2) is 18.7 Å². The summed E-state index contributed by atoms with van der Waals surface area (Å²) < 4.78 is 0. The molecular weight excluding hydrogens is 224 g/mol. The van der Waals surface area contributed by atoms with Gasteiger partial charge in [0.25, 0.3) is 0 Å². The highest BCUT2D eigenvalue weighted by molar-refractivity contribution is 5.16. The molecule has 1 aromatic rings. The Labute approximate surface area is 111 Å². The highest BCUT2D eigenvalue weighted by atomic mass is 15.2. The summed E-state index contributed by atoms with van der Waals surface area (Å²) in [6.07, 6.45) is 6.48. The average molecular weight is 250 g/mol. The highest BCUT2D eigenvalue weighted by Crippen LogP contribution is 2.33. The number of rotatable bonds is 7. The number of nitrogens with one attached hydrogen (secondary N) is 1. The summed E-state index contributed by atoms with van der Waals surface area (Å²) in [5, 5.41) is 3.44. The van der Waals surface area contributed by atoms with Gasteiger partial charge in [0, 0.05) is 23.5 Å². The maximum absolute atomic E-state index is 4.14. The molecule has 2 atom stereocenters. The predicted molar refractivity (Wildman–Crippen MR) is 75.4 cm³/mol. The monoisotopic (exact) mass is 250 g/mol. The second-order valence-electron chi connectivity index (χ2n) is 4.78. The zero-order chi connectivity index (χ0) is 13.6. The van der Waals surface area contributed by atoms with Crippen LogP contribution in [0.25, 0.3) is 0 Å². The van der Waals surface area contributed by atoms with Gasteiger partial charge < -0.3 is 5.32 Å². The van der Waals surface area contributed by atoms with Gasteiger partial charge in [0.1, 0.15) is 6.33 Å². The van der Waals surface area contributed by atoms with Crippen molar-refractivity contribution in [2.45, 2.75) is 45.7 Å². The molecule has 1 aromatic heterocycles. The molecule has 1 N–H and O–H groups in total. The minimum atomic E-state index is 0.0724. The number of likely N-dealkylation sites (N-methyl/N-ethyl adjacent to an activating group) is 2. The van der Waals surface area contributed by atoms with Crippen LogP contribution in [0, 0.1) is 0 Å². The summed E-state index contributed by atoms with van der Waals surface area (Å²) in [4.78, 5) is 10.8. The van der Waals surface area contributed by atoms with Gasteiger partial charge >= 0.3 is 0 Å². The van der Waals surface area contributed by atoms with E-state index >= 15 is 0 Å². The first-order valence-corrected chi connectivity index (χ1v) is 6.81. The molecule has 1 rings (SSSR count). The molecule has 0 radical (unpaired) electrons. The molecule has 4 heteroatoms. The quantitative estimate of drug-likeness (QED) is 0.806. The van der Waals surface area contributed by atoms with Crippen LogP contribution in [0.5, 0.6) is 0 Å². The van der Waals surface area contributed by atoms with E-state index in [1.807, 2.05) is 19.4 Å². The number of hydrogen-bond acceptors (Lipinski definition) is 4. The smallest absolute Gasteiger partial charge is 0.115 e. The number of hydrogen-bond donors (Lipinski definition) is 1. The zero-order valence-corrected chi connectivity index (χ0v) is 12.3.